The van der Waals surface area contributed by atoms with E-state index in [2.05, 4.69) is 57.2 Å². The second-order valence-corrected chi connectivity index (χ2v) is 10.0. The van der Waals surface area contributed by atoms with Gasteiger partial charge in [0, 0.05) is 23.1 Å². The maximum Gasteiger partial charge on any atom is 0.239 e. The van der Waals surface area contributed by atoms with E-state index >= 15 is 0 Å². The van der Waals surface area contributed by atoms with Crippen LogP contribution in [0.4, 0.5) is 5.69 Å². The average molecular weight is 487 g/mol. The third kappa shape index (κ3) is 2.91. The number of hydrogen-bond donors (Lipinski definition) is 0. The zero-order chi connectivity index (χ0) is 22.0. The third-order valence-corrected chi connectivity index (χ3v) is 7.87. The Morgan fingerprint density at radius 3 is 2.19 bits per heavy atom. The standard InChI is InChI=1S/C27H23BrN2O2/c1-16-6-12-21(13-7-16)30-26(31)23-22-14-18-4-2-3-5-19(18)15-29(22)25(24(23)27(30)32)17-8-10-20(28)11-9-17/h2-13,22-25H,14-15H2,1H3. The van der Waals surface area contributed by atoms with Crippen molar-refractivity contribution in [2.45, 2.75) is 32.0 Å². The first-order valence-corrected chi connectivity index (χ1v) is 11.8. The summed E-state index contributed by atoms with van der Waals surface area (Å²) in [6.07, 6.45) is 0.797. The Hall–Kier alpha value is -2.76. The molecule has 0 bridgehead atoms. The predicted molar refractivity (Wildman–Crippen MR) is 127 cm³/mol. The fourth-order valence-electron chi connectivity index (χ4n) is 5.87. The van der Waals surface area contributed by atoms with Crippen molar-refractivity contribution in [3.05, 3.63) is 99.5 Å². The molecule has 5 heteroatoms. The summed E-state index contributed by atoms with van der Waals surface area (Å²) in [4.78, 5) is 31.4. The van der Waals surface area contributed by atoms with E-state index in [1.165, 1.54) is 16.0 Å². The van der Waals surface area contributed by atoms with Crippen LogP contribution >= 0.6 is 15.9 Å². The van der Waals surface area contributed by atoms with Gasteiger partial charge >= 0.3 is 0 Å². The fourth-order valence-corrected chi connectivity index (χ4v) is 6.13. The number of hydrogen-bond acceptors (Lipinski definition) is 3. The molecule has 3 heterocycles. The summed E-state index contributed by atoms with van der Waals surface area (Å²) in [5, 5.41) is 0. The number of carbonyl (C=O) groups is 2. The quantitative estimate of drug-likeness (QED) is 0.476. The summed E-state index contributed by atoms with van der Waals surface area (Å²) in [7, 11) is 0. The maximum atomic E-state index is 13.8. The van der Waals surface area contributed by atoms with Crippen LogP contribution in [0.25, 0.3) is 0 Å². The number of rotatable bonds is 2. The van der Waals surface area contributed by atoms with E-state index in [4.69, 9.17) is 0 Å². The van der Waals surface area contributed by atoms with Crippen molar-refractivity contribution >= 4 is 33.4 Å². The van der Waals surface area contributed by atoms with Crippen molar-refractivity contribution < 1.29 is 9.59 Å². The van der Waals surface area contributed by atoms with E-state index in [0.717, 1.165) is 28.6 Å². The Morgan fingerprint density at radius 1 is 0.812 bits per heavy atom. The van der Waals surface area contributed by atoms with Crippen molar-refractivity contribution in [3.63, 3.8) is 0 Å². The second kappa shape index (κ2) is 7.39. The fraction of sp³-hybridized carbons (Fsp3) is 0.259. The highest BCUT2D eigenvalue weighted by Gasteiger charge is 2.63. The van der Waals surface area contributed by atoms with Gasteiger partial charge in [0.1, 0.15) is 0 Å². The Bertz CT molecular complexity index is 1220. The molecule has 2 saturated heterocycles. The number of imide groups is 1. The van der Waals surface area contributed by atoms with Crippen molar-refractivity contribution in [2.75, 3.05) is 4.90 Å². The van der Waals surface area contributed by atoms with Gasteiger partial charge in [0.2, 0.25) is 11.8 Å². The van der Waals surface area contributed by atoms with Gasteiger partial charge in [-0.05, 0) is 54.3 Å². The molecule has 3 aromatic carbocycles. The lowest BCUT2D eigenvalue weighted by Gasteiger charge is -2.38. The van der Waals surface area contributed by atoms with Crippen LogP contribution in [0.5, 0.6) is 0 Å². The van der Waals surface area contributed by atoms with Gasteiger partial charge in [-0.25, -0.2) is 4.90 Å². The molecule has 160 valence electrons. The monoisotopic (exact) mass is 486 g/mol. The summed E-state index contributed by atoms with van der Waals surface area (Å²) in [5.41, 5.74) is 5.46. The SMILES string of the molecule is Cc1ccc(N2C(=O)C3C(C2=O)C(c2ccc(Br)cc2)N2Cc4ccccc4CC32)cc1. The van der Waals surface area contributed by atoms with Gasteiger partial charge in [0.15, 0.2) is 0 Å². The first-order valence-electron chi connectivity index (χ1n) is 11.1. The smallest absolute Gasteiger partial charge is 0.239 e. The number of amides is 2. The van der Waals surface area contributed by atoms with Gasteiger partial charge in [0.05, 0.1) is 17.5 Å². The molecule has 0 aliphatic carbocycles. The molecular formula is C27H23BrN2O2. The molecule has 0 aromatic heterocycles. The highest BCUT2D eigenvalue weighted by Crippen LogP contribution is 2.53. The lowest BCUT2D eigenvalue weighted by molar-refractivity contribution is -0.124. The van der Waals surface area contributed by atoms with Gasteiger partial charge in [-0.1, -0.05) is 70.0 Å². The molecule has 6 rings (SSSR count). The molecule has 4 nitrogen and oxygen atoms in total. The van der Waals surface area contributed by atoms with Crippen molar-refractivity contribution in [1.29, 1.82) is 0 Å². The van der Waals surface area contributed by atoms with Crippen LogP contribution in [0.2, 0.25) is 0 Å². The zero-order valence-electron chi connectivity index (χ0n) is 17.7. The minimum atomic E-state index is -0.371. The largest absolute Gasteiger partial charge is 0.287 e. The Balaban J connectivity index is 1.47. The molecule has 3 aromatic rings. The number of aryl methyl sites for hydroxylation is 1. The summed E-state index contributed by atoms with van der Waals surface area (Å²) < 4.78 is 1.01. The number of fused-ring (bicyclic) bond motifs is 4. The highest BCUT2D eigenvalue weighted by molar-refractivity contribution is 9.10. The van der Waals surface area contributed by atoms with E-state index in [1.54, 1.807) is 0 Å². The Labute approximate surface area is 196 Å². The predicted octanol–water partition coefficient (Wildman–Crippen LogP) is 5.04. The molecule has 32 heavy (non-hydrogen) atoms. The van der Waals surface area contributed by atoms with Crippen LogP contribution in [-0.4, -0.2) is 22.8 Å². The van der Waals surface area contributed by atoms with Crippen molar-refractivity contribution in [1.82, 2.24) is 4.90 Å². The van der Waals surface area contributed by atoms with E-state index in [0.29, 0.717) is 5.69 Å². The van der Waals surface area contributed by atoms with Gasteiger partial charge < -0.3 is 0 Å². The summed E-state index contributed by atoms with van der Waals surface area (Å²) in [6, 6.07) is 24.3. The molecule has 2 amide bonds. The maximum absolute atomic E-state index is 13.8. The summed E-state index contributed by atoms with van der Waals surface area (Å²) in [5.74, 6) is -0.830. The number of halogens is 1. The van der Waals surface area contributed by atoms with Crippen LogP contribution in [0, 0.1) is 18.8 Å². The minimum absolute atomic E-state index is 0.0236. The third-order valence-electron chi connectivity index (χ3n) is 7.34. The molecule has 0 radical (unpaired) electrons. The van der Waals surface area contributed by atoms with Gasteiger partial charge in [-0.2, -0.15) is 0 Å². The normalized spacial score (nSPS) is 26.8. The second-order valence-electron chi connectivity index (χ2n) is 9.11. The lowest BCUT2D eigenvalue weighted by Crippen LogP contribution is -2.44. The Kier molecular flexibility index (Phi) is 4.60. The molecule has 4 atom stereocenters. The number of nitrogens with zero attached hydrogens (tertiary/aromatic N) is 2. The number of anilines is 1. The van der Waals surface area contributed by atoms with E-state index in [-0.39, 0.29) is 35.7 Å². The van der Waals surface area contributed by atoms with Crippen molar-refractivity contribution in [2.24, 2.45) is 11.8 Å². The first-order chi connectivity index (χ1) is 15.5. The van der Waals surface area contributed by atoms with Gasteiger partial charge in [0.25, 0.3) is 0 Å². The average Bonchev–Trinajstić information content (AvgIpc) is 3.26. The molecule has 2 fully saturated rings. The number of carbonyl (C=O) groups excluding carboxylic acids is 2. The molecule has 4 unspecified atom stereocenters. The van der Waals surface area contributed by atoms with Crippen LogP contribution in [0.15, 0.2) is 77.3 Å². The van der Waals surface area contributed by atoms with E-state index < -0.39 is 0 Å². The van der Waals surface area contributed by atoms with Gasteiger partial charge in [-0.3, -0.25) is 14.5 Å². The van der Waals surface area contributed by atoms with Gasteiger partial charge in [-0.15, -0.1) is 0 Å². The van der Waals surface area contributed by atoms with Crippen LogP contribution < -0.4 is 4.90 Å². The van der Waals surface area contributed by atoms with Crippen molar-refractivity contribution in [3.8, 4) is 0 Å². The molecular weight excluding hydrogens is 464 g/mol. The van der Waals surface area contributed by atoms with Crippen LogP contribution in [0.3, 0.4) is 0 Å². The first kappa shape index (κ1) is 19.9. The zero-order valence-corrected chi connectivity index (χ0v) is 19.3. The van der Waals surface area contributed by atoms with Crippen LogP contribution in [0.1, 0.15) is 28.3 Å². The Morgan fingerprint density at radius 2 is 1.47 bits per heavy atom. The summed E-state index contributed by atoms with van der Waals surface area (Å²) in [6.45, 7) is 2.77. The summed E-state index contributed by atoms with van der Waals surface area (Å²) >= 11 is 3.53. The minimum Gasteiger partial charge on any atom is -0.287 e. The highest BCUT2D eigenvalue weighted by atomic mass is 79.9. The molecule has 3 aliphatic heterocycles. The lowest BCUT2D eigenvalue weighted by atomic mass is 9.84. The molecule has 0 saturated carbocycles. The topological polar surface area (TPSA) is 40.6 Å². The molecule has 3 aliphatic rings. The molecule has 0 spiro atoms. The van der Waals surface area contributed by atoms with Crippen LogP contribution in [-0.2, 0) is 22.6 Å². The molecule has 0 N–H and O–H groups in total. The number of benzene rings is 3. The van der Waals surface area contributed by atoms with E-state index in [9.17, 15) is 9.59 Å². The van der Waals surface area contributed by atoms with E-state index in [1.807, 2.05) is 43.3 Å².